The highest BCUT2D eigenvalue weighted by Gasteiger charge is 2.10. The second-order valence-electron chi connectivity index (χ2n) is 3.20. The van der Waals surface area contributed by atoms with Crippen LogP contribution in [0.3, 0.4) is 0 Å². The first kappa shape index (κ1) is 9.60. The lowest BCUT2D eigenvalue weighted by Crippen LogP contribution is -1.87. The molecule has 0 radical (unpaired) electrons. The number of nitrogens with zero attached hydrogens (tertiary/aromatic N) is 1. The van der Waals surface area contributed by atoms with Crippen molar-refractivity contribution in [2.24, 2.45) is 0 Å². The maximum absolute atomic E-state index is 12.6. The summed E-state index contributed by atoms with van der Waals surface area (Å²) >= 11 is 0. The van der Waals surface area contributed by atoms with Crippen LogP contribution in [0.4, 0.5) is 8.78 Å². The molecule has 0 aliphatic rings. The van der Waals surface area contributed by atoms with Gasteiger partial charge in [0.2, 0.25) is 0 Å². The molecule has 2 aromatic rings. The number of hydrogen-bond donors (Lipinski definition) is 0. The van der Waals surface area contributed by atoms with Crippen LogP contribution in [0.5, 0.6) is 0 Å². The molecule has 0 heterocycles. The van der Waals surface area contributed by atoms with E-state index < -0.39 is 6.43 Å². The van der Waals surface area contributed by atoms with E-state index in [9.17, 15) is 8.78 Å². The van der Waals surface area contributed by atoms with Crippen molar-refractivity contribution in [3.8, 4) is 6.07 Å². The monoisotopic (exact) mass is 203 g/mol. The molecule has 0 unspecified atom stereocenters. The molecule has 0 atom stereocenters. The molecule has 0 saturated heterocycles. The Labute approximate surface area is 85.6 Å². The van der Waals surface area contributed by atoms with E-state index in [1.165, 1.54) is 12.1 Å². The van der Waals surface area contributed by atoms with Crippen LogP contribution in [-0.2, 0) is 0 Å². The van der Waals surface area contributed by atoms with Gasteiger partial charge in [0.25, 0.3) is 6.43 Å². The summed E-state index contributed by atoms with van der Waals surface area (Å²) in [6, 6.07) is 11.5. The quantitative estimate of drug-likeness (QED) is 0.694. The van der Waals surface area contributed by atoms with Crippen LogP contribution in [0.1, 0.15) is 17.6 Å². The minimum atomic E-state index is -2.51. The first-order valence-electron chi connectivity index (χ1n) is 4.43. The third-order valence-corrected chi connectivity index (χ3v) is 2.28. The van der Waals surface area contributed by atoms with Crippen LogP contribution >= 0.6 is 0 Å². The summed E-state index contributed by atoms with van der Waals surface area (Å²) in [5.74, 6) is 0. The molecule has 3 heteroatoms. The zero-order valence-corrected chi connectivity index (χ0v) is 7.74. The highest BCUT2D eigenvalue weighted by atomic mass is 19.3. The minimum absolute atomic E-state index is 0.0235. The van der Waals surface area contributed by atoms with Crippen molar-refractivity contribution < 1.29 is 8.78 Å². The van der Waals surface area contributed by atoms with Gasteiger partial charge in [0.05, 0.1) is 11.6 Å². The Balaban J connectivity index is 2.77. The molecule has 0 saturated carbocycles. The SMILES string of the molecule is N#Cc1ccc2cccc(C(F)F)c2c1. The molecule has 0 aliphatic carbocycles. The predicted molar refractivity (Wildman–Crippen MR) is 53.6 cm³/mol. The first-order chi connectivity index (χ1) is 7.22. The van der Waals surface area contributed by atoms with E-state index in [0.717, 1.165) is 5.39 Å². The summed E-state index contributed by atoms with van der Waals surface area (Å²) in [5.41, 5.74) is 0.375. The Kier molecular flexibility index (Phi) is 2.34. The van der Waals surface area contributed by atoms with Gasteiger partial charge in [0.1, 0.15) is 0 Å². The van der Waals surface area contributed by atoms with Crippen molar-refractivity contribution in [2.45, 2.75) is 6.43 Å². The van der Waals surface area contributed by atoms with E-state index in [4.69, 9.17) is 5.26 Å². The van der Waals surface area contributed by atoms with Crippen molar-refractivity contribution in [2.75, 3.05) is 0 Å². The fourth-order valence-corrected chi connectivity index (χ4v) is 1.56. The Morgan fingerprint density at radius 2 is 1.93 bits per heavy atom. The van der Waals surface area contributed by atoms with E-state index in [-0.39, 0.29) is 5.56 Å². The number of rotatable bonds is 1. The fraction of sp³-hybridized carbons (Fsp3) is 0.0833. The average molecular weight is 203 g/mol. The maximum atomic E-state index is 12.6. The topological polar surface area (TPSA) is 23.8 Å². The molecule has 1 nitrogen and oxygen atoms in total. The van der Waals surface area contributed by atoms with Gasteiger partial charge >= 0.3 is 0 Å². The van der Waals surface area contributed by atoms with Crippen LogP contribution in [-0.4, -0.2) is 0 Å². The Hall–Kier alpha value is -1.95. The second kappa shape index (κ2) is 3.66. The maximum Gasteiger partial charge on any atom is 0.264 e. The average Bonchev–Trinajstić information content (AvgIpc) is 2.27. The molecule has 74 valence electrons. The van der Waals surface area contributed by atoms with Crippen LogP contribution in [0.25, 0.3) is 10.8 Å². The normalized spacial score (nSPS) is 10.5. The van der Waals surface area contributed by atoms with Gasteiger partial charge in [-0.3, -0.25) is 0 Å². The van der Waals surface area contributed by atoms with E-state index >= 15 is 0 Å². The Morgan fingerprint density at radius 1 is 1.13 bits per heavy atom. The molecule has 15 heavy (non-hydrogen) atoms. The highest BCUT2D eigenvalue weighted by Crippen LogP contribution is 2.28. The van der Waals surface area contributed by atoms with Crippen LogP contribution in [0.2, 0.25) is 0 Å². The molecule has 0 aliphatic heterocycles. The molecule has 0 amide bonds. The lowest BCUT2D eigenvalue weighted by molar-refractivity contribution is 0.153. The molecule has 2 aromatic carbocycles. The summed E-state index contributed by atoms with van der Waals surface area (Å²) in [7, 11) is 0. The fourth-order valence-electron chi connectivity index (χ4n) is 1.56. The van der Waals surface area contributed by atoms with Crippen molar-refractivity contribution >= 4 is 10.8 Å². The first-order valence-corrected chi connectivity index (χ1v) is 4.43. The molecule has 0 spiro atoms. The third-order valence-electron chi connectivity index (χ3n) is 2.28. The van der Waals surface area contributed by atoms with Crippen molar-refractivity contribution in [1.82, 2.24) is 0 Å². The van der Waals surface area contributed by atoms with Gasteiger partial charge in [0, 0.05) is 5.56 Å². The van der Waals surface area contributed by atoms with Gasteiger partial charge in [-0.25, -0.2) is 8.78 Å². The van der Waals surface area contributed by atoms with Gasteiger partial charge in [-0.2, -0.15) is 5.26 Å². The smallest absolute Gasteiger partial charge is 0.205 e. The number of fused-ring (bicyclic) bond motifs is 1. The van der Waals surface area contributed by atoms with E-state index in [1.54, 1.807) is 24.3 Å². The van der Waals surface area contributed by atoms with E-state index in [2.05, 4.69) is 0 Å². The lowest BCUT2D eigenvalue weighted by atomic mass is 10.0. The van der Waals surface area contributed by atoms with Gasteiger partial charge < -0.3 is 0 Å². The predicted octanol–water partition coefficient (Wildman–Crippen LogP) is 3.65. The zero-order chi connectivity index (χ0) is 10.8. The number of benzene rings is 2. The van der Waals surface area contributed by atoms with E-state index in [0.29, 0.717) is 10.9 Å². The second-order valence-corrected chi connectivity index (χ2v) is 3.20. The number of nitriles is 1. The largest absolute Gasteiger partial charge is 0.264 e. The van der Waals surface area contributed by atoms with Crippen molar-refractivity contribution in [3.05, 3.63) is 47.5 Å². The molecule has 0 fully saturated rings. The molecule has 0 bridgehead atoms. The summed E-state index contributed by atoms with van der Waals surface area (Å²) in [4.78, 5) is 0. The van der Waals surface area contributed by atoms with Gasteiger partial charge in [-0.05, 0) is 22.9 Å². The Morgan fingerprint density at radius 3 is 2.60 bits per heavy atom. The minimum Gasteiger partial charge on any atom is -0.205 e. The van der Waals surface area contributed by atoms with Crippen LogP contribution in [0, 0.1) is 11.3 Å². The van der Waals surface area contributed by atoms with E-state index in [1.807, 2.05) is 6.07 Å². The summed E-state index contributed by atoms with van der Waals surface area (Å²) < 4.78 is 25.3. The number of alkyl halides is 2. The van der Waals surface area contributed by atoms with Gasteiger partial charge in [0.15, 0.2) is 0 Å². The zero-order valence-electron chi connectivity index (χ0n) is 7.74. The third kappa shape index (κ3) is 1.66. The van der Waals surface area contributed by atoms with Crippen molar-refractivity contribution in [3.63, 3.8) is 0 Å². The van der Waals surface area contributed by atoms with Crippen LogP contribution in [0.15, 0.2) is 36.4 Å². The standard InChI is InChI=1S/C12H7F2N/c13-12(14)10-3-1-2-9-5-4-8(7-15)6-11(9)10/h1-6,12H. The molecule has 2 rings (SSSR count). The van der Waals surface area contributed by atoms with Gasteiger partial charge in [-0.1, -0.05) is 24.3 Å². The number of halogens is 2. The van der Waals surface area contributed by atoms with Crippen molar-refractivity contribution in [1.29, 1.82) is 5.26 Å². The van der Waals surface area contributed by atoms with Gasteiger partial charge in [-0.15, -0.1) is 0 Å². The lowest BCUT2D eigenvalue weighted by Gasteiger charge is -2.05. The highest BCUT2D eigenvalue weighted by molar-refractivity contribution is 5.87. The summed E-state index contributed by atoms with van der Waals surface area (Å²) in [6.45, 7) is 0. The molecular weight excluding hydrogens is 196 g/mol. The molecular formula is C12H7F2N. The Bertz CT molecular complexity index is 541. The molecule has 0 aromatic heterocycles. The van der Waals surface area contributed by atoms with Crippen LogP contribution < -0.4 is 0 Å². The molecule has 0 N–H and O–H groups in total. The summed E-state index contributed by atoms with van der Waals surface area (Å²) in [6.07, 6.45) is -2.51. The number of hydrogen-bond acceptors (Lipinski definition) is 1. The summed E-state index contributed by atoms with van der Waals surface area (Å²) in [5, 5.41) is 9.87.